The van der Waals surface area contributed by atoms with E-state index in [1.165, 1.54) is 12.1 Å². The first-order valence-electron chi connectivity index (χ1n) is 12.3. The number of hydrogen-bond donors (Lipinski definition) is 1. The van der Waals surface area contributed by atoms with Gasteiger partial charge in [-0.2, -0.15) is 5.10 Å². The van der Waals surface area contributed by atoms with E-state index in [0.29, 0.717) is 28.5 Å². The molecule has 2 fully saturated rings. The van der Waals surface area contributed by atoms with Gasteiger partial charge in [-0.3, -0.25) is 4.79 Å². The van der Waals surface area contributed by atoms with Gasteiger partial charge < -0.3 is 24.4 Å². The summed E-state index contributed by atoms with van der Waals surface area (Å²) in [5.41, 5.74) is 1.69. The van der Waals surface area contributed by atoms with Crippen LogP contribution in [0.5, 0.6) is 5.75 Å². The fourth-order valence-corrected chi connectivity index (χ4v) is 4.73. The minimum Gasteiger partial charge on any atom is -0.485 e. The topological polar surface area (TPSA) is 90.2 Å². The van der Waals surface area contributed by atoms with Gasteiger partial charge in [-0.05, 0) is 49.9 Å². The number of benzene rings is 1. The highest BCUT2D eigenvalue weighted by atomic mass is 19.1. The first-order valence-corrected chi connectivity index (χ1v) is 12.3. The lowest BCUT2D eigenvalue weighted by molar-refractivity contribution is -0.119. The molecule has 0 radical (unpaired) electrons. The second kappa shape index (κ2) is 8.69. The Kier molecular flexibility index (Phi) is 5.46. The molecule has 6 rings (SSSR count). The molecule has 3 aliphatic rings. The van der Waals surface area contributed by atoms with E-state index in [0.717, 1.165) is 37.8 Å². The quantitative estimate of drug-likeness (QED) is 0.530. The molecule has 1 aromatic carbocycles. The van der Waals surface area contributed by atoms with Gasteiger partial charge in [0.25, 0.3) is 5.91 Å². The minimum atomic E-state index is -0.723. The zero-order valence-corrected chi connectivity index (χ0v) is 20.2. The Labute approximate surface area is 207 Å². The van der Waals surface area contributed by atoms with E-state index in [1.54, 1.807) is 29.2 Å². The second-order valence-electron chi connectivity index (χ2n) is 9.89. The fraction of sp³-hybridized carbons (Fsp3) is 0.423. The molecule has 1 atom stereocenters. The Hall–Kier alpha value is -3.82. The molecule has 2 aromatic heterocycles. The summed E-state index contributed by atoms with van der Waals surface area (Å²) < 4.78 is 33.2. The van der Waals surface area contributed by atoms with Crippen molar-refractivity contribution < 1.29 is 23.4 Å². The number of carbonyl (C=O) groups excluding carboxylic acids is 1. The normalized spacial score (nSPS) is 20.7. The van der Waals surface area contributed by atoms with Gasteiger partial charge in [0.15, 0.2) is 11.4 Å². The third kappa shape index (κ3) is 4.43. The van der Waals surface area contributed by atoms with Crippen LogP contribution in [0.1, 0.15) is 61.5 Å². The first kappa shape index (κ1) is 22.6. The van der Waals surface area contributed by atoms with E-state index in [2.05, 4.69) is 15.3 Å². The molecule has 2 aliphatic heterocycles. The summed E-state index contributed by atoms with van der Waals surface area (Å²) in [5.74, 6) is 0.646. The lowest BCUT2D eigenvalue weighted by Crippen LogP contribution is -2.26. The zero-order chi connectivity index (χ0) is 24.9. The standard InChI is InChI=1S/C26H28FN5O4/c1-26(2)35-15-18(36-26)14-34-22-8-5-16(27)12-19(22)21-4-3-10-31(21)23-9-11-32-24(30-23)20(13-28-32)25(33)29-17-6-7-17/h5,8-9,11-13,15,17,21H,3-4,6-7,10,14H2,1-2H3,(H,29,33)/t21-/m1/s1. The molecular weight excluding hydrogens is 465 g/mol. The van der Waals surface area contributed by atoms with Gasteiger partial charge >= 0.3 is 0 Å². The highest BCUT2D eigenvalue weighted by Gasteiger charge is 2.32. The highest BCUT2D eigenvalue weighted by molar-refractivity contribution is 6.00. The maximum absolute atomic E-state index is 14.4. The maximum Gasteiger partial charge on any atom is 0.256 e. The second-order valence-corrected chi connectivity index (χ2v) is 9.89. The van der Waals surface area contributed by atoms with Crippen LogP contribution < -0.4 is 15.0 Å². The summed E-state index contributed by atoms with van der Waals surface area (Å²) in [5, 5.41) is 7.29. The van der Waals surface area contributed by atoms with Crippen LogP contribution >= 0.6 is 0 Å². The smallest absolute Gasteiger partial charge is 0.256 e. The van der Waals surface area contributed by atoms with Gasteiger partial charge in [-0.1, -0.05) is 0 Å². The lowest BCUT2D eigenvalue weighted by Gasteiger charge is -2.27. The molecule has 36 heavy (non-hydrogen) atoms. The molecule has 4 heterocycles. The number of rotatable bonds is 7. The van der Waals surface area contributed by atoms with E-state index in [9.17, 15) is 9.18 Å². The van der Waals surface area contributed by atoms with Crippen LogP contribution in [0, 0.1) is 5.82 Å². The van der Waals surface area contributed by atoms with Crippen LogP contribution in [-0.4, -0.2) is 45.5 Å². The van der Waals surface area contributed by atoms with E-state index in [4.69, 9.17) is 19.2 Å². The molecule has 1 saturated heterocycles. The van der Waals surface area contributed by atoms with Crippen molar-refractivity contribution in [1.82, 2.24) is 19.9 Å². The molecular formula is C26H28FN5O4. The van der Waals surface area contributed by atoms with Gasteiger partial charge in [0.1, 0.15) is 35.8 Å². The monoisotopic (exact) mass is 493 g/mol. The summed E-state index contributed by atoms with van der Waals surface area (Å²) in [6.07, 6.45) is 8.64. The van der Waals surface area contributed by atoms with E-state index < -0.39 is 5.79 Å². The number of fused-ring (bicyclic) bond motifs is 1. The Balaban J connectivity index is 1.27. The van der Waals surface area contributed by atoms with Crippen molar-refractivity contribution in [2.45, 2.75) is 57.4 Å². The van der Waals surface area contributed by atoms with E-state index in [1.807, 2.05) is 19.9 Å². The van der Waals surface area contributed by atoms with Crippen LogP contribution in [0.4, 0.5) is 10.2 Å². The summed E-state index contributed by atoms with van der Waals surface area (Å²) in [6, 6.07) is 6.54. The molecule has 9 nitrogen and oxygen atoms in total. The molecule has 0 bridgehead atoms. The fourth-order valence-electron chi connectivity index (χ4n) is 4.73. The van der Waals surface area contributed by atoms with Crippen LogP contribution in [-0.2, 0) is 9.47 Å². The zero-order valence-electron chi connectivity index (χ0n) is 20.2. The van der Waals surface area contributed by atoms with Gasteiger partial charge in [0, 0.05) is 38.2 Å². The SMILES string of the molecule is CC1(C)OC=C(COc2ccc(F)cc2[C@H]2CCCN2c2ccn3ncc(C(=O)NC4CC4)c3n2)O1. The van der Waals surface area contributed by atoms with Crippen molar-refractivity contribution >= 4 is 17.4 Å². The third-order valence-electron chi connectivity index (χ3n) is 6.61. The van der Waals surface area contributed by atoms with Crippen LogP contribution in [0.15, 0.2) is 48.7 Å². The average molecular weight is 494 g/mol. The highest BCUT2D eigenvalue weighted by Crippen LogP contribution is 2.40. The number of amides is 1. The minimum absolute atomic E-state index is 0.136. The Morgan fingerprint density at radius 3 is 2.92 bits per heavy atom. The van der Waals surface area contributed by atoms with Crippen molar-refractivity contribution in [2.24, 2.45) is 0 Å². The summed E-state index contributed by atoms with van der Waals surface area (Å²) in [7, 11) is 0. The number of halogens is 1. The molecule has 10 heteroatoms. The van der Waals surface area contributed by atoms with Crippen molar-refractivity contribution in [2.75, 3.05) is 18.1 Å². The summed E-state index contributed by atoms with van der Waals surface area (Å²) in [4.78, 5) is 19.6. The average Bonchev–Trinajstić information content (AvgIpc) is 3.23. The number of ether oxygens (including phenoxy) is 3. The van der Waals surface area contributed by atoms with Gasteiger partial charge in [-0.25, -0.2) is 13.9 Å². The Morgan fingerprint density at radius 1 is 1.28 bits per heavy atom. The third-order valence-corrected chi connectivity index (χ3v) is 6.61. The van der Waals surface area contributed by atoms with Crippen molar-refractivity contribution in [3.05, 3.63) is 65.6 Å². The number of nitrogens with zero attached hydrogens (tertiary/aromatic N) is 4. The molecule has 1 amide bonds. The Bertz CT molecular complexity index is 1350. The molecule has 0 unspecified atom stereocenters. The van der Waals surface area contributed by atoms with Crippen molar-refractivity contribution in [3.63, 3.8) is 0 Å². The molecule has 1 aliphatic carbocycles. The van der Waals surface area contributed by atoms with E-state index in [-0.39, 0.29) is 30.4 Å². The summed E-state index contributed by atoms with van der Waals surface area (Å²) >= 11 is 0. The van der Waals surface area contributed by atoms with Crippen molar-refractivity contribution in [3.8, 4) is 5.75 Å². The molecule has 1 N–H and O–H groups in total. The molecule has 188 valence electrons. The maximum atomic E-state index is 14.4. The number of nitrogens with one attached hydrogen (secondary N) is 1. The van der Waals surface area contributed by atoms with Crippen molar-refractivity contribution in [1.29, 1.82) is 0 Å². The molecule has 1 saturated carbocycles. The van der Waals surface area contributed by atoms with Gasteiger partial charge in [0.2, 0.25) is 5.79 Å². The summed E-state index contributed by atoms with van der Waals surface area (Å²) in [6.45, 7) is 4.56. The lowest BCUT2D eigenvalue weighted by atomic mass is 10.0. The number of hydrogen-bond acceptors (Lipinski definition) is 7. The van der Waals surface area contributed by atoms with Crippen LogP contribution in [0.3, 0.4) is 0 Å². The number of carbonyl (C=O) groups is 1. The van der Waals surface area contributed by atoms with Crippen LogP contribution in [0.25, 0.3) is 5.65 Å². The molecule has 3 aromatic rings. The van der Waals surface area contributed by atoms with Gasteiger partial charge in [-0.15, -0.1) is 0 Å². The van der Waals surface area contributed by atoms with Crippen LogP contribution in [0.2, 0.25) is 0 Å². The number of aromatic nitrogens is 3. The van der Waals surface area contributed by atoms with Gasteiger partial charge in [0.05, 0.1) is 12.2 Å². The predicted molar refractivity (Wildman–Crippen MR) is 129 cm³/mol. The molecule has 0 spiro atoms. The Morgan fingerprint density at radius 2 is 2.14 bits per heavy atom. The first-order chi connectivity index (χ1) is 17.4. The van der Waals surface area contributed by atoms with E-state index >= 15 is 0 Å². The largest absolute Gasteiger partial charge is 0.485 e. The predicted octanol–water partition coefficient (Wildman–Crippen LogP) is 4.11. The number of anilines is 1.